The number of likely N-dealkylation sites (N-methyl/N-ethyl adjacent to an activating group) is 1. The fraction of sp³-hybridized carbons (Fsp3) is 0.310. The summed E-state index contributed by atoms with van der Waals surface area (Å²) < 4.78 is 34.3. The number of anilines is 1. The molecule has 0 saturated carbocycles. The van der Waals surface area contributed by atoms with Crippen molar-refractivity contribution in [2.45, 2.75) is 45.2 Å². The summed E-state index contributed by atoms with van der Waals surface area (Å²) in [6, 6.07) is 16.9. The molecule has 214 valence electrons. The van der Waals surface area contributed by atoms with Gasteiger partial charge in [-0.3, -0.25) is 13.9 Å². The van der Waals surface area contributed by atoms with Gasteiger partial charge < -0.3 is 15.0 Å². The molecule has 0 aliphatic carbocycles. The van der Waals surface area contributed by atoms with Crippen molar-refractivity contribution in [3.05, 3.63) is 87.9 Å². The second-order valence-corrected chi connectivity index (χ2v) is 11.8. The Labute approximate surface area is 245 Å². The zero-order chi connectivity index (χ0) is 29.4. The van der Waals surface area contributed by atoms with Crippen molar-refractivity contribution < 1.29 is 22.7 Å². The van der Waals surface area contributed by atoms with Gasteiger partial charge in [-0.2, -0.15) is 0 Å². The first-order chi connectivity index (χ1) is 19.0. The maximum Gasteiger partial charge on any atom is 0.264 e. The fourth-order valence-electron chi connectivity index (χ4n) is 3.98. The summed E-state index contributed by atoms with van der Waals surface area (Å²) in [5, 5.41) is 3.38. The molecule has 0 radical (unpaired) electrons. The number of amides is 2. The number of carbonyl (C=O) groups excluding carboxylic acids is 2. The van der Waals surface area contributed by atoms with E-state index >= 15 is 0 Å². The van der Waals surface area contributed by atoms with E-state index in [-0.39, 0.29) is 23.0 Å². The Morgan fingerprint density at radius 2 is 1.60 bits per heavy atom. The lowest BCUT2D eigenvalue weighted by Gasteiger charge is -2.32. The van der Waals surface area contributed by atoms with Crippen LogP contribution in [0.25, 0.3) is 0 Å². The second-order valence-electron chi connectivity index (χ2n) is 9.09. The molecule has 40 heavy (non-hydrogen) atoms. The van der Waals surface area contributed by atoms with Crippen LogP contribution in [0.15, 0.2) is 71.6 Å². The van der Waals surface area contributed by atoms with Crippen LogP contribution in [0.3, 0.4) is 0 Å². The highest BCUT2D eigenvalue weighted by Crippen LogP contribution is 2.28. The summed E-state index contributed by atoms with van der Waals surface area (Å²) in [5.74, 6) is -0.379. The normalized spacial score (nSPS) is 11.9. The van der Waals surface area contributed by atoms with Crippen LogP contribution >= 0.6 is 23.2 Å². The van der Waals surface area contributed by atoms with Crippen molar-refractivity contribution in [2.75, 3.05) is 24.0 Å². The van der Waals surface area contributed by atoms with Crippen molar-refractivity contribution in [3.63, 3.8) is 0 Å². The van der Waals surface area contributed by atoms with Gasteiger partial charge in [-0.05, 0) is 81.8 Å². The fourth-order valence-corrected chi connectivity index (χ4v) is 5.72. The van der Waals surface area contributed by atoms with Crippen LogP contribution in [-0.2, 0) is 26.2 Å². The quantitative estimate of drug-likeness (QED) is 0.296. The van der Waals surface area contributed by atoms with Gasteiger partial charge in [0.25, 0.3) is 10.0 Å². The van der Waals surface area contributed by atoms with Crippen LogP contribution in [0, 0.1) is 6.92 Å². The predicted octanol–water partition coefficient (Wildman–Crippen LogP) is 5.45. The molecule has 0 saturated heterocycles. The molecule has 1 unspecified atom stereocenters. The predicted molar refractivity (Wildman–Crippen MR) is 158 cm³/mol. The maximum atomic E-state index is 13.9. The summed E-state index contributed by atoms with van der Waals surface area (Å²) in [6.07, 6.45) is 0. The van der Waals surface area contributed by atoms with E-state index in [1.165, 1.54) is 17.0 Å². The van der Waals surface area contributed by atoms with E-state index in [0.29, 0.717) is 34.5 Å². The average molecular weight is 607 g/mol. The molecule has 3 rings (SSSR count). The second kappa shape index (κ2) is 13.9. The molecule has 3 aromatic rings. The van der Waals surface area contributed by atoms with Crippen LogP contribution in [0.2, 0.25) is 10.0 Å². The third-order valence-corrected chi connectivity index (χ3v) is 8.71. The van der Waals surface area contributed by atoms with Crippen LogP contribution in [0.4, 0.5) is 5.69 Å². The topological polar surface area (TPSA) is 96.0 Å². The molecule has 0 spiro atoms. The molecule has 8 nitrogen and oxygen atoms in total. The molecule has 0 aliphatic rings. The van der Waals surface area contributed by atoms with Gasteiger partial charge in [-0.25, -0.2) is 8.42 Å². The molecule has 1 atom stereocenters. The molecule has 0 aliphatic heterocycles. The van der Waals surface area contributed by atoms with Crippen molar-refractivity contribution in [3.8, 4) is 5.75 Å². The van der Waals surface area contributed by atoms with Gasteiger partial charge in [-0.1, -0.05) is 47.0 Å². The van der Waals surface area contributed by atoms with E-state index in [0.717, 1.165) is 9.87 Å². The number of nitrogens with one attached hydrogen (secondary N) is 1. The Balaban J connectivity index is 2.04. The minimum atomic E-state index is -4.16. The number of aryl methyl sites for hydroxylation is 1. The molecule has 0 heterocycles. The first-order valence-electron chi connectivity index (χ1n) is 12.8. The van der Waals surface area contributed by atoms with Crippen LogP contribution in [0.1, 0.15) is 31.9 Å². The number of rotatable bonds is 12. The molecule has 1 N–H and O–H groups in total. The summed E-state index contributed by atoms with van der Waals surface area (Å²) in [5.41, 5.74) is 1.80. The highest BCUT2D eigenvalue weighted by molar-refractivity contribution is 7.92. The van der Waals surface area contributed by atoms with Gasteiger partial charge in [0, 0.05) is 13.1 Å². The minimum Gasteiger partial charge on any atom is -0.494 e. The lowest BCUT2D eigenvalue weighted by molar-refractivity contribution is -0.139. The molecular formula is C29H33Cl2N3O5S. The number of sulfonamides is 1. The number of hydrogen-bond donors (Lipinski definition) is 1. The van der Waals surface area contributed by atoms with E-state index < -0.39 is 28.5 Å². The molecule has 0 aromatic heterocycles. The van der Waals surface area contributed by atoms with Crippen molar-refractivity contribution in [1.82, 2.24) is 10.2 Å². The van der Waals surface area contributed by atoms with Crippen molar-refractivity contribution >= 4 is 50.7 Å². The smallest absolute Gasteiger partial charge is 0.264 e. The highest BCUT2D eigenvalue weighted by atomic mass is 35.5. The van der Waals surface area contributed by atoms with Gasteiger partial charge in [0.2, 0.25) is 11.8 Å². The zero-order valence-electron chi connectivity index (χ0n) is 22.9. The Morgan fingerprint density at radius 3 is 2.17 bits per heavy atom. The monoisotopic (exact) mass is 605 g/mol. The summed E-state index contributed by atoms with van der Waals surface area (Å²) in [6.45, 7) is 7.36. The third kappa shape index (κ3) is 7.68. The standard InChI is InChI=1S/C29H33Cl2N3O5S/c1-5-32-29(36)21(4)33(18-22-9-16-26(30)27(31)17-22)28(35)19-34(23-10-12-24(13-11-23)39-6-2)40(37,38)25-14-7-20(3)8-15-25/h7-17,21H,5-6,18-19H2,1-4H3,(H,32,36). The number of halogens is 2. The number of nitrogens with zero attached hydrogens (tertiary/aromatic N) is 2. The van der Waals surface area contributed by atoms with E-state index in [1.807, 2.05) is 13.8 Å². The van der Waals surface area contributed by atoms with Crippen molar-refractivity contribution in [1.29, 1.82) is 0 Å². The van der Waals surface area contributed by atoms with Gasteiger partial charge in [0.15, 0.2) is 0 Å². The first-order valence-corrected chi connectivity index (χ1v) is 15.0. The van der Waals surface area contributed by atoms with E-state index in [9.17, 15) is 18.0 Å². The van der Waals surface area contributed by atoms with Crippen LogP contribution in [-0.4, -0.2) is 50.9 Å². The molecule has 3 aromatic carbocycles. The molecule has 11 heteroatoms. The SMILES string of the molecule is CCNC(=O)C(C)N(Cc1ccc(Cl)c(Cl)c1)C(=O)CN(c1ccc(OCC)cc1)S(=O)(=O)c1ccc(C)cc1. The average Bonchev–Trinajstić information content (AvgIpc) is 2.93. The summed E-state index contributed by atoms with van der Waals surface area (Å²) >= 11 is 12.3. The van der Waals surface area contributed by atoms with Crippen molar-refractivity contribution in [2.24, 2.45) is 0 Å². The Kier molecular flexibility index (Phi) is 10.8. The minimum absolute atomic E-state index is 0.00964. The number of benzene rings is 3. The number of hydrogen-bond acceptors (Lipinski definition) is 5. The third-order valence-electron chi connectivity index (χ3n) is 6.18. The molecular weight excluding hydrogens is 573 g/mol. The number of carbonyl (C=O) groups is 2. The highest BCUT2D eigenvalue weighted by Gasteiger charge is 2.32. The zero-order valence-corrected chi connectivity index (χ0v) is 25.2. The van der Waals surface area contributed by atoms with E-state index in [2.05, 4.69) is 5.32 Å². The van der Waals surface area contributed by atoms with E-state index in [1.54, 1.807) is 68.4 Å². The van der Waals surface area contributed by atoms with Crippen LogP contribution in [0.5, 0.6) is 5.75 Å². The van der Waals surface area contributed by atoms with Gasteiger partial charge in [0.1, 0.15) is 18.3 Å². The van der Waals surface area contributed by atoms with Crippen LogP contribution < -0.4 is 14.4 Å². The molecule has 2 amide bonds. The molecule has 0 bridgehead atoms. The Morgan fingerprint density at radius 1 is 0.950 bits per heavy atom. The Bertz CT molecular complexity index is 1430. The van der Waals surface area contributed by atoms with E-state index in [4.69, 9.17) is 27.9 Å². The first kappa shape index (κ1) is 31.3. The largest absolute Gasteiger partial charge is 0.494 e. The Hall–Kier alpha value is -3.27. The van der Waals surface area contributed by atoms with Gasteiger partial charge in [0.05, 0.1) is 27.2 Å². The number of ether oxygens (including phenoxy) is 1. The lowest BCUT2D eigenvalue weighted by Crippen LogP contribution is -2.51. The lowest BCUT2D eigenvalue weighted by atomic mass is 10.1. The summed E-state index contributed by atoms with van der Waals surface area (Å²) in [7, 11) is -4.16. The van der Waals surface area contributed by atoms with Gasteiger partial charge in [-0.15, -0.1) is 0 Å². The maximum absolute atomic E-state index is 13.9. The summed E-state index contributed by atoms with van der Waals surface area (Å²) in [4.78, 5) is 28.1. The van der Waals surface area contributed by atoms with Gasteiger partial charge >= 0.3 is 0 Å². The molecule has 0 fully saturated rings.